The van der Waals surface area contributed by atoms with Crippen LogP contribution in [0.3, 0.4) is 0 Å². The summed E-state index contributed by atoms with van der Waals surface area (Å²) in [5.74, 6) is -3.18. The largest absolute Gasteiger partial charge is 0.450 e. The van der Waals surface area contributed by atoms with E-state index in [9.17, 15) is 32.5 Å². The fourth-order valence-electron chi connectivity index (χ4n) is 2.76. The second kappa shape index (κ2) is 8.59. The fourth-order valence-corrected chi connectivity index (χ4v) is 4.18. The van der Waals surface area contributed by atoms with Gasteiger partial charge in [0.25, 0.3) is 5.91 Å². The van der Waals surface area contributed by atoms with Gasteiger partial charge in [0.05, 0.1) is 11.0 Å². The van der Waals surface area contributed by atoms with E-state index in [1.165, 1.54) is 21.3 Å². The monoisotopic (exact) mass is 441 g/mol. The minimum atomic E-state index is -3.82. The van der Waals surface area contributed by atoms with Crippen molar-refractivity contribution >= 4 is 27.8 Å². The topological polar surface area (TPSA) is 140 Å². The molecule has 1 aromatic heterocycles. The number of hydrogen-bond donors (Lipinski definition) is 0. The molecule has 0 N–H and O–H groups in total. The van der Waals surface area contributed by atoms with Crippen LogP contribution >= 0.6 is 0 Å². The summed E-state index contributed by atoms with van der Waals surface area (Å²) >= 11 is 0. The SMILES string of the molecule is O=C(OCC(=O)N1CCN(S(=O)(=O)c2ccc(F)cc2)CC1)c1ccc([N+](=O)[O-])o1. The molecule has 13 heteroatoms. The summed E-state index contributed by atoms with van der Waals surface area (Å²) < 4.78 is 48.8. The predicted molar refractivity (Wildman–Crippen MR) is 97.4 cm³/mol. The zero-order valence-corrected chi connectivity index (χ0v) is 16.2. The molecular formula is C17H16FN3O8S. The number of amides is 1. The molecule has 1 aliphatic rings. The fraction of sp³-hybridized carbons (Fsp3) is 0.294. The first-order valence-corrected chi connectivity index (χ1v) is 10.1. The van der Waals surface area contributed by atoms with Gasteiger partial charge in [0.1, 0.15) is 10.7 Å². The van der Waals surface area contributed by atoms with Crippen LogP contribution in [0.25, 0.3) is 0 Å². The van der Waals surface area contributed by atoms with E-state index >= 15 is 0 Å². The number of piperazine rings is 1. The van der Waals surface area contributed by atoms with Crippen LogP contribution in [0.15, 0.2) is 45.7 Å². The second-order valence-electron chi connectivity index (χ2n) is 6.21. The lowest BCUT2D eigenvalue weighted by molar-refractivity contribution is -0.402. The van der Waals surface area contributed by atoms with Crippen molar-refractivity contribution < 1.29 is 36.5 Å². The van der Waals surface area contributed by atoms with E-state index in [4.69, 9.17) is 9.15 Å². The van der Waals surface area contributed by atoms with Gasteiger partial charge in [-0.1, -0.05) is 0 Å². The summed E-state index contributed by atoms with van der Waals surface area (Å²) in [5, 5.41) is 10.5. The van der Waals surface area contributed by atoms with Crippen LogP contribution in [0.2, 0.25) is 0 Å². The number of nitro groups is 1. The first-order valence-electron chi connectivity index (χ1n) is 8.63. The van der Waals surface area contributed by atoms with Gasteiger partial charge in [-0.3, -0.25) is 14.9 Å². The van der Waals surface area contributed by atoms with Gasteiger partial charge in [-0.15, -0.1) is 0 Å². The number of halogens is 1. The van der Waals surface area contributed by atoms with Crippen molar-refractivity contribution in [3.63, 3.8) is 0 Å². The van der Waals surface area contributed by atoms with Gasteiger partial charge < -0.3 is 14.1 Å². The van der Waals surface area contributed by atoms with Gasteiger partial charge in [-0.25, -0.2) is 17.6 Å². The van der Waals surface area contributed by atoms with Crippen LogP contribution in [-0.2, 0) is 19.6 Å². The van der Waals surface area contributed by atoms with Gasteiger partial charge in [0, 0.05) is 26.2 Å². The summed E-state index contributed by atoms with van der Waals surface area (Å²) in [6, 6.07) is 6.48. The van der Waals surface area contributed by atoms with E-state index < -0.39 is 50.9 Å². The van der Waals surface area contributed by atoms with Crippen molar-refractivity contribution in [2.75, 3.05) is 32.8 Å². The number of benzene rings is 1. The van der Waals surface area contributed by atoms with Crippen molar-refractivity contribution in [2.24, 2.45) is 0 Å². The summed E-state index contributed by atoms with van der Waals surface area (Å²) in [5.41, 5.74) is 0. The lowest BCUT2D eigenvalue weighted by Crippen LogP contribution is -2.51. The Hall–Kier alpha value is -3.32. The molecule has 160 valence electrons. The van der Waals surface area contributed by atoms with Crippen LogP contribution in [0, 0.1) is 15.9 Å². The molecular weight excluding hydrogens is 425 g/mol. The molecule has 0 bridgehead atoms. The lowest BCUT2D eigenvalue weighted by atomic mass is 10.3. The average molecular weight is 441 g/mol. The molecule has 0 radical (unpaired) electrons. The van der Waals surface area contributed by atoms with Gasteiger partial charge in [-0.05, 0) is 30.3 Å². The zero-order valence-electron chi connectivity index (χ0n) is 15.4. The molecule has 1 saturated heterocycles. The third kappa shape index (κ3) is 4.63. The van der Waals surface area contributed by atoms with Crippen molar-refractivity contribution in [1.82, 2.24) is 9.21 Å². The highest BCUT2D eigenvalue weighted by atomic mass is 32.2. The van der Waals surface area contributed by atoms with E-state index in [0.717, 1.165) is 24.3 Å². The zero-order chi connectivity index (χ0) is 21.9. The second-order valence-corrected chi connectivity index (χ2v) is 8.15. The smallest absolute Gasteiger partial charge is 0.433 e. The number of carbonyl (C=O) groups is 2. The van der Waals surface area contributed by atoms with Crippen molar-refractivity contribution in [1.29, 1.82) is 0 Å². The van der Waals surface area contributed by atoms with Crippen LogP contribution in [-0.4, -0.2) is 67.2 Å². The van der Waals surface area contributed by atoms with E-state index in [1.807, 2.05) is 0 Å². The maximum atomic E-state index is 13.0. The van der Waals surface area contributed by atoms with E-state index in [0.29, 0.717) is 0 Å². The Morgan fingerprint density at radius 1 is 1.10 bits per heavy atom. The maximum Gasteiger partial charge on any atom is 0.433 e. The summed E-state index contributed by atoms with van der Waals surface area (Å²) in [6.45, 7) is -0.447. The highest BCUT2D eigenvalue weighted by molar-refractivity contribution is 7.89. The molecule has 0 saturated carbocycles. The first-order chi connectivity index (χ1) is 14.2. The molecule has 0 aliphatic carbocycles. The van der Waals surface area contributed by atoms with Gasteiger partial charge in [0.2, 0.25) is 15.8 Å². The first kappa shape index (κ1) is 21.4. The van der Waals surface area contributed by atoms with Crippen molar-refractivity contribution in [2.45, 2.75) is 4.90 Å². The molecule has 0 unspecified atom stereocenters. The van der Waals surface area contributed by atoms with Gasteiger partial charge in [-0.2, -0.15) is 4.31 Å². The molecule has 0 spiro atoms. The third-order valence-corrected chi connectivity index (χ3v) is 6.26. The standard InChI is InChI=1S/C17H16FN3O8S/c18-12-1-3-13(4-2-12)30(26,27)20-9-7-19(8-10-20)15(22)11-28-17(23)14-5-6-16(29-14)21(24)25/h1-6H,7-11H2. The molecule has 2 heterocycles. The van der Waals surface area contributed by atoms with Crippen LogP contribution in [0.4, 0.5) is 10.3 Å². The highest BCUT2D eigenvalue weighted by Crippen LogP contribution is 2.19. The number of furan rings is 1. The Balaban J connectivity index is 1.51. The minimum absolute atomic E-state index is 0.0176. The average Bonchev–Trinajstić information content (AvgIpc) is 3.23. The summed E-state index contributed by atoms with van der Waals surface area (Å²) in [4.78, 5) is 35.0. The Labute approximate surface area is 169 Å². The lowest BCUT2D eigenvalue weighted by Gasteiger charge is -2.33. The predicted octanol–water partition coefficient (Wildman–Crippen LogP) is 1.02. The molecule has 2 aromatic rings. The molecule has 1 aliphatic heterocycles. The van der Waals surface area contributed by atoms with Crippen LogP contribution in [0.1, 0.15) is 10.6 Å². The number of hydrogen-bond acceptors (Lipinski definition) is 8. The maximum absolute atomic E-state index is 13.0. The van der Waals surface area contributed by atoms with E-state index in [1.54, 1.807) is 0 Å². The number of sulfonamides is 1. The Morgan fingerprint density at radius 2 is 1.73 bits per heavy atom. The molecule has 11 nitrogen and oxygen atoms in total. The number of ether oxygens (including phenoxy) is 1. The molecule has 3 rings (SSSR count). The molecule has 1 fully saturated rings. The molecule has 0 atom stereocenters. The van der Waals surface area contributed by atoms with Gasteiger partial charge >= 0.3 is 11.9 Å². The number of esters is 1. The summed E-state index contributed by atoms with van der Waals surface area (Å²) in [6.07, 6.45) is 0. The molecule has 1 aromatic carbocycles. The van der Waals surface area contributed by atoms with Crippen LogP contribution in [0.5, 0.6) is 0 Å². The molecule has 30 heavy (non-hydrogen) atoms. The third-order valence-electron chi connectivity index (χ3n) is 4.34. The van der Waals surface area contributed by atoms with Crippen molar-refractivity contribution in [3.8, 4) is 0 Å². The minimum Gasteiger partial charge on any atom is -0.450 e. The number of rotatable bonds is 6. The number of carbonyl (C=O) groups excluding carboxylic acids is 2. The van der Waals surface area contributed by atoms with E-state index in [2.05, 4.69) is 0 Å². The quantitative estimate of drug-likeness (QED) is 0.368. The Morgan fingerprint density at radius 3 is 2.30 bits per heavy atom. The summed E-state index contributed by atoms with van der Waals surface area (Å²) in [7, 11) is -3.82. The highest BCUT2D eigenvalue weighted by Gasteiger charge is 2.30. The number of nitrogens with zero attached hydrogens (tertiary/aromatic N) is 3. The van der Waals surface area contributed by atoms with E-state index in [-0.39, 0.29) is 31.1 Å². The van der Waals surface area contributed by atoms with Gasteiger partial charge in [0.15, 0.2) is 6.61 Å². The Kier molecular flexibility index (Phi) is 6.12. The van der Waals surface area contributed by atoms with Crippen LogP contribution < -0.4 is 0 Å². The Bertz CT molecular complexity index is 1060. The molecule has 1 amide bonds. The van der Waals surface area contributed by atoms with Crippen molar-refractivity contribution in [3.05, 3.63) is 58.1 Å². The normalized spacial score (nSPS) is 15.0.